The van der Waals surface area contributed by atoms with E-state index in [9.17, 15) is 4.79 Å². The molecule has 3 unspecified atom stereocenters. The summed E-state index contributed by atoms with van der Waals surface area (Å²) in [5.74, 6) is 1.28. The van der Waals surface area contributed by atoms with Gasteiger partial charge in [-0.25, -0.2) is 0 Å². The Balaban J connectivity index is 2.44. The molecule has 0 radical (unpaired) electrons. The molecule has 0 bridgehead atoms. The van der Waals surface area contributed by atoms with E-state index in [-0.39, 0.29) is 5.97 Å². The summed E-state index contributed by atoms with van der Waals surface area (Å²) in [7, 11) is 1.44. The van der Waals surface area contributed by atoms with Gasteiger partial charge in [-0.1, -0.05) is 20.8 Å². The van der Waals surface area contributed by atoms with Crippen molar-refractivity contribution in [3.8, 4) is 0 Å². The molecule has 0 saturated heterocycles. The van der Waals surface area contributed by atoms with Gasteiger partial charge in [0.1, 0.15) is 5.54 Å². The van der Waals surface area contributed by atoms with Crippen molar-refractivity contribution in [1.82, 2.24) is 5.32 Å². The third kappa shape index (κ3) is 5.95. The average molecular weight is 299 g/mol. The first-order valence-electron chi connectivity index (χ1n) is 8.36. The molecule has 4 heteroatoms. The molecule has 124 valence electrons. The Bertz CT molecular complexity index is 311. The van der Waals surface area contributed by atoms with Crippen LogP contribution in [-0.4, -0.2) is 37.9 Å². The summed E-state index contributed by atoms with van der Waals surface area (Å²) in [5, 5.41) is 3.30. The molecule has 0 aromatic rings. The van der Waals surface area contributed by atoms with Crippen LogP contribution in [0.3, 0.4) is 0 Å². The molecular weight excluding hydrogens is 266 g/mol. The number of carbonyl (C=O) groups excluding carboxylic acids is 1. The SMILES string of the molecule is CCCNC(C)(CCOC1CC(C)CC(C)C1)C(=O)OC. The third-order valence-corrected chi connectivity index (χ3v) is 4.49. The lowest BCUT2D eigenvalue weighted by atomic mass is 9.82. The van der Waals surface area contributed by atoms with Crippen LogP contribution in [0.1, 0.15) is 59.8 Å². The highest BCUT2D eigenvalue weighted by atomic mass is 16.5. The molecule has 1 fully saturated rings. The summed E-state index contributed by atoms with van der Waals surface area (Å²) in [6, 6.07) is 0. The van der Waals surface area contributed by atoms with Gasteiger partial charge in [-0.15, -0.1) is 0 Å². The number of ether oxygens (including phenoxy) is 2. The molecule has 0 heterocycles. The van der Waals surface area contributed by atoms with E-state index in [1.165, 1.54) is 13.5 Å². The number of hydrogen-bond donors (Lipinski definition) is 1. The molecule has 0 aromatic heterocycles. The van der Waals surface area contributed by atoms with Crippen molar-refractivity contribution < 1.29 is 14.3 Å². The van der Waals surface area contributed by atoms with Crippen LogP contribution < -0.4 is 5.32 Å². The smallest absolute Gasteiger partial charge is 0.325 e. The molecule has 21 heavy (non-hydrogen) atoms. The van der Waals surface area contributed by atoms with Gasteiger partial charge < -0.3 is 14.8 Å². The molecule has 1 saturated carbocycles. The van der Waals surface area contributed by atoms with Crippen LogP contribution in [0.25, 0.3) is 0 Å². The maximum absolute atomic E-state index is 12.0. The van der Waals surface area contributed by atoms with E-state index in [4.69, 9.17) is 9.47 Å². The fourth-order valence-electron chi connectivity index (χ4n) is 3.33. The van der Waals surface area contributed by atoms with E-state index >= 15 is 0 Å². The Morgan fingerprint density at radius 3 is 2.38 bits per heavy atom. The Morgan fingerprint density at radius 2 is 1.86 bits per heavy atom. The van der Waals surface area contributed by atoms with Crippen molar-refractivity contribution in [2.45, 2.75) is 71.4 Å². The van der Waals surface area contributed by atoms with E-state index in [1.807, 2.05) is 6.92 Å². The first kappa shape index (κ1) is 18.4. The second-order valence-corrected chi connectivity index (χ2v) is 6.91. The van der Waals surface area contributed by atoms with Crippen molar-refractivity contribution in [1.29, 1.82) is 0 Å². The maximum Gasteiger partial charge on any atom is 0.325 e. The number of rotatable bonds is 8. The van der Waals surface area contributed by atoms with Crippen molar-refractivity contribution >= 4 is 5.97 Å². The quantitative estimate of drug-likeness (QED) is 0.699. The summed E-state index contributed by atoms with van der Waals surface area (Å²) in [5.41, 5.74) is -0.642. The van der Waals surface area contributed by atoms with E-state index in [2.05, 4.69) is 26.1 Å². The third-order valence-electron chi connectivity index (χ3n) is 4.49. The van der Waals surface area contributed by atoms with E-state index in [0.29, 0.717) is 19.1 Å². The van der Waals surface area contributed by atoms with Crippen LogP contribution >= 0.6 is 0 Å². The molecule has 0 spiro atoms. The molecule has 0 aliphatic heterocycles. The van der Waals surface area contributed by atoms with Crippen LogP contribution in [0.5, 0.6) is 0 Å². The molecule has 4 nitrogen and oxygen atoms in total. The molecule has 1 rings (SSSR count). The summed E-state index contributed by atoms with van der Waals surface area (Å²) < 4.78 is 11.0. The highest BCUT2D eigenvalue weighted by molar-refractivity contribution is 5.80. The zero-order valence-electron chi connectivity index (χ0n) is 14.4. The summed E-state index contributed by atoms with van der Waals surface area (Å²) >= 11 is 0. The van der Waals surface area contributed by atoms with Crippen LogP contribution in [-0.2, 0) is 14.3 Å². The Morgan fingerprint density at radius 1 is 1.24 bits per heavy atom. The van der Waals surface area contributed by atoms with Crippen molar-refractivity contribution in [3.05, 3.63) is 0 Å². The van der Waals surface area contributed by atoms with Crippen molar-refractivity contribution in [2.24, 2.45) is 11.8 Å². The number of hydrogen-bond acceptors (Lipinski definition) is 4. The van der Waals surface area contributed by atoms with Gasteiger partial charge in [-0.3, -0.25) is 4.79 Å². The van der Waals surface area contributed by atoms with E-state index in [0.717, 1.165) is 37.6 Å². The molecular formula is C17H33NO3. The molecule has 1 N–H and O–H groups in total. The zero-order chi connectivity index (χ0) is 15.9. The fraction of sp³-hybridized carbons (Fsp3) is 0.941. The summed E-state index contributed by atoms with van der Waals surface area (Å²) in [4.78, 5) is 12.0. The lowest BCUT2D eigenvalue weighted by molar-refractivity contribution is -0.149. The highest BCUT2D eigenvalue weighted by Gasteiger charge is 2.34. The van der Waals surface area contributed by atoms with Gasteiger partial charge in [0.15, 0.2) is 0 Å². The minimum absolute atomic E-state index is 0.204. The number of esters is 1. The summed E-state index contributed by atoms with van der Waals surface area (Å²) in [6.45, 7) is 10.0. The highest BCUT2D eigenvalue weighted by Crippen LogP contribution is 2.30. The second-order valence-electron chi connectivity index (χ2n) is 6.91. The van der Waals surface area contributed by atoms with Gasteiger partial charge in [0.2, 0.25) is 0 Å². The van der Waals surface area contributed by atoms with Crippen LogP contribution in [0.2, 0.25) is 0 Å². The second kappa shape index (κ2) is 8.74. The monoisotopic (exact) mass is 299 g/mol. The summed E-state index contributed by atoms with van der Waals surface area (Å²) in [6.07, 6.45) is 5.57. The lowest BCUT2D eigenvalue weighted by Crippen LogP contribution is -2.51. The largest absolute Gasteiger partial charge is 0.468 e. The standard InChI is InChI=1S/C17H33NO3/c1-6-8-18-17(4,16(19)20-5)7-9-21-15-11-13(2)10-14(3)12-15/h13-15,18H,6-12H2,1-5H3. The normalized spacial score (nSPS) is 28.9. The zero-order valence-corrected chi connectivity index (χ0v) is 14.4. The van der Waals surface area contributed by atoms with Gasteiger partial charge in [-0.05, 0) is 57.4 Å². The van der Waals surface area contributed by atoms with Gasteiger partial charge in [-0.2, -0.15) is 0 Å². The number of methoxy groups -OCH3 is 1. The molecule has 0 amide bonds. The fourth-order valence-corrected chi connectivity index (χ4v) is 3.33. The van der Waals surface area contributed by atoms with Crippen LogP contribution in [0.4, 0.5) is 0 Å². The molecule has 1 aliphatic rings. The van der Waals surface area contributed by atoms with E-state index < -0.39 is 5.54 Å². The first-order chi connectivity index (χ1) is 9.91. The van der Waals surface area contributed by atoms with Gasteiger partial charge in [0.25, 0.3) is 0 Å². The first-order valence-corrected chi connectivity index (χ1v) is 8.36. The predicted molar refractivity (Wildman–Crippen MR) is 85.3 cm³/mol. The average Bonchev–Trinajstić information content (AvgIpc) is 2.43. The topological polar surface area (TPSA) is 47.6 Å². The van der Waals surface area contributed by atoms with Gasteiger partial charge in [0, 0.05) is 6.61 Å². The lowest BCUT2D eigenvalue weighted by Gasteiger charge is -2.33. The minimum atomic E-state index is -0.642. The van der Waals surface area contributed by atoms with Crippen LogP contribution in [0, 0.1) is 11.8 Å². The number of carbonyl (C=O) groups is 1. The van der Waals surface area contributed by atoms with Crippen LogP contribution in [0.15, 0.2) is 0 Å². The maximum atomic E-state index is 12.0. The minimum Gasteiger partial charge on any atom is -0.468 e. The molecule has 1 aliphatic carbocycles. The Hall–Kier alpha value is -0.610. The molecule has 0 aromatic carbocycles. The Kier molecular flexibility index (Phi) is 7.67. The Labute approximate surface area is 130 Å². The molecule has 3 atom stereocenters. The van der Waals surface area contributed by atoms with Crippen molar-refractivity contribution in [3.63, 3.8) is 0 Å². The van der Waals surface area contributed by atoms with E-state index in [1.54, 1.807) is 0 Å². The number of nitrogens with one attached hydrogen (secondary N) is 1. The predicted octanol–water partition coefficient (Wildman–Crippen LogP) is 3.15. The van der Waals surface area contributed by atoms with Crippen molar-refractivity contribution in [2.75, 3.05) is 20.3 Å². The van der Waals surface area contributed by atoms with Gasteiger partial charge in [0.05, 0.1) is 13.2 Å². The van der Waals surface area contributed by atoms with Gasteiger partial charge >= 0.3 is 5.97 Å².